The molecule has 0 aliphatic carbocycles. The molecule has 10 heteroatoms. The highest BCUT2D eigenvalue weighted by Crippen LogP contribution is 2.36. The van der Waals surface area contributed by atoms with Crippen LogP contribution in [0.1, 0.15) is 11.1 Å². The second-order valence-electron chi connectivity index (χ2n) is 6.63. The zero-order valence-electron chi connectivity index (χ0n) is 16.7. The third-order valence-electron chi connectivity index (χ3n) is 4.34. The summed E-state index contributed by atoms with van der Waals surface area (Å²) in [5.41, 5.74) is 0.701. The van der Waals surface area contributed by atoms with Crippen LogP contribution in [-0.4, -0.2) is 10.8 Å². The van der Waals surface area contributed by atoms with E-state index in [2.05, 4.69) is 37.2 Å². The number of nitrogens with zero attached hydrogens (tertiary/aromatic N) is 2. The normalized spacial score (nSPS) is 10.9. The molecule has 0 spiro atoms. The largest absolute Gasteiger partial charge is 0.486 e. The molecule has 3 rings (SSSR count). The van der Waals surface area contributed by atoms with Gasteiger partial charge in [-0.3, -0.25) is 14.9 Å². The Morgan fingerprint density at radius 3 is 2.48 bits per heavy atom. The molecule has 3 aromatic rings. The fourth-order valence-electron chi connectivity index (χ4n) is 2.78. The molecular formula is C23H14Br2FN3O4. The summed E-state index contributed by atoms with van der Waals surface area (Å²) in [5.74, 6) is -0.669. The number of nitrogens with one attached hydrogen (secondary N) is 1. The van der Waals surface area contributed by atoms with E-state index in [4.69, 9.17) is 4.74 Å². The number of benzene rings is 3. The van der Waals surface area contributed by atoms with Crippen LogP contribution in [0.15, 0.2) is 75.2 Å². The van der Waals surface area contributed by atoms with Gasteiger partial charge in [-0.25, -0.2) is 4.39 Å². The van der Waals surface area contributed by atoms with Crippen molar-refractivity contribution in [2.24, 2.45) is 0 Å². The lowest BCUT2D eigenvalue weighted by Gasteiger charge is -2.12. The highest BCUT2D eigenvalue weighted by atomic mass is 79.9. The van der Waals surface area contributed by atoms with Gasteiger partial charge in [-0.05, 0) is 67.8 Å². The number of nitro benzene ring substituents is 1. The van der Waals surface area contributed by atoms with Gasteiger partial charge in [0.2, 0.25) is 0 Å². The first-order valence-corrected chi connectivity index (χ1v) is 10.9. The first-order valence-electron chi connectivity index (χ1n) is 9.31. The van der Waals surface area contributed by atoms with E-state index in [9.17, 15) is 24.6 Å². The van der Waals surface area contributed by atoms with Gasteiger partial charge in [-0.1, -0.05) is 24.3 Å². The Morgan fingerprint density at radius 2 is 1.85 bits per heavy atom. The monoisotopic (exact) mass is 573 g/mol. The number of amides is 1. The summed E-state index contributed by atoms with van der Waals surface area (Å²) in [5, 5.41) is 22.8. The molecule has 166 valence electrons. The fraction of sp³-hybridized carbons (Fsp3) is 0.0435. The molecule has 0 radical (unpaired) electrons. The highest BCUT2D eigenvalue weighted by molar-refractivity contribution is 9.11. The highest BCUT2D eigenvalue weighted by Gasteiger charge is 2.14. The van der Waals surface area contributed by atoms with Gasteiger partial charge in [0, 0.05) is 23.4 Å². The van der Waals surface area contributed by atoms with E-state index in [-0.39, 0.29) is 29.4 Å². The predicted molar refractivity (Wildman–Crippen MR) is 128 cm³/mol. The summed E-state index contributed by atoms with van der Waals surface area (Å²) >= 11 is 6.78. The number of halogens is 3. The molecule has 0 heterocycles. The van der Waals surface area contributed by atoms with Crippen LogP contribution in [0.2, 0.25) is 0 Å². The van der Waals surface area contributed by atoms with Crippen LogP contribution in [0.3, 0.4) is 0 Å². The van der Waals surface area contributed by atoms with E-state index in [1.54, 1.807) is 30.3 Å². The first kappa shape index (κ1) is 24.1. The minimum atomic E-state index is -0.717. The molecule has 3 aromatic carbocycles. The van der Waals surface area contributed by atoms with E-state index in [1.807, 2.05) is 6.07 Å². The molecule has 33 heavy (non-hydrogen) atoms. The number of anilines is 1. The number of nitro groups is 1. The maximum atomic E-state index is 13.8. The molecule has 0 aliphatic rings. The van der Waals surface area contributed by atoms with Gasteiger partial charge in [-0.15, -0.1) is 0 Å². The van der Waals surface area contributed by atoms with Crippen LogP contribution in [0.4, 0.5) is 15.8 Å². The smallest absolute Gasteiger partial charge is 0.271 e. The van der Waals surface area contributed by atoms with E-state index >= 15 is 0 Å². The lowest BCUT2D eigenvalue weighted by Crippen LogP contribution is -2.13. The Kier molecular flexibility index (Phi) is 7.92. The molecule has 0 aliphatic heterocycles. The van der Waals surface area contributed by atoms with Crippen LogP contribution in [0, 0.1) is 27.3 Å². The summed E-state index contributed by atoms with van der Waals surface area (Å²) < 4.78 is 20.6. The molecule has 1 N–H and O–H groups in total. The van der Waals surface area contributed by atoms with Crippen LogP contribution in [0.25, 0.3) is 6.08 Å². The topological polar surface area (TPSA) is 105 Å². The van der Waals surface area contributed by atoms with Crippen LogP contribution >= 0.6 is 31.9 Å². The number of hydrogen-bond donors (Lipinski definition) is 1. The fourth-order valence-corrected chi connectivity index (χ4v) is 4.23. The average molecular weight is 575 g/mol. The van der Waals surface area contributed by atoms with Crippen molar-refractivity contribution in [3.63, 3.8) is 0 Å². The standard InChI is InChI=1S/C23H14Br2FN3O4/c24-19-9-14(10-20(25)22(19)33-13-15-4-1-2-7-21(15)26)8-16(12-27)23(30)28-17-5-3-6-18(11-17)29(31)32/h1-11H,13H2,(H,28,30)/b16-8+. The number of carbonyl (C=O) groups is 1. The molecule has 0 saturated carbocycles. The van der Waals surface area contributed by atoms with E-state index in [0.717, 1.165) is 0 Å². The van der Waals surface area contributed by atoms with Crippen molar-refractivity contribution in [3.8, 4) is 11.8 Å². The van der Waals surface area contributed by atoms with E-state index in [1.165, 1.54) is 36.4 Å². The van der Waals surface area contributed by atoms with Gasteiger partial charge in [0.15, 0.2) is 0 Å². The van der Waals surface area contributed by atoms with E-state index in [0.29, 0.717) is 25.8 Å². The van der Waals surface area contributed by atoms with Gasteiger partial charge in [0.05, 0.1) is 13.9 Å². The number of carbonyl (C=O) groups excluding carboxylic acids is 1. The minimum Gasteiger partial charge on any atom is -0.486 e. The number of hydrogen-bond acceptors (Lipinski definition) is 5. The lowest BCUT2D eigenvalue weighted by molar-refractivity contribution is -0.384. The predicted octanol–water partition coefficient (Wildman–Crippen LogP) is 6.38. The molecule has 0 atom stereocenters. The Hall–Kier alpha value is -3.55. The van der Waals surface area contributed by atoms with Crippen LogP contribution < -0.4 is 10.1 Å². The van der Waals surface area contributed by atoms with Crippen molar-refractivity contribution in [2.75, 3.05) is 5.32 Å². The molecule has 7 nitrogen and oxygen atoms in total. The summed E-state index contributed by atoms with van der Waals surface area (Å²) in [6.07, 6.45) is 1.36. The Bertz CT molecular complexity index is 1280. The maximum Gasteiger partial charge on any atom is 0.271 e. The first-order chi connectivity index (χ1) is 15.8. The molecule has 0 fully saturated rings. The van der Waals surface area contributed by atoms with Crippen LogP contribution in [0.5, 0.6) is 5.75 Å². The van der Waals surface area contributed by atoms with Crippen molar-refractivity contribution in [1.82, 2.24) is 0 Å². The molecule has 1 amide bonds. The lowest BCUT2D eigenvalue weighted by atomic mass is 10.1. The Balaban J connectivity index is 1.79. The number of non-ortho nitro benzene ring substituents is 1. The minimum absolute atomic E-state index is 0.00806. The van der Waals surface area contributed by atoms with Crippen molar-refractivity contribution < 1.29 is 18.8 Å². The second kappa shape index (κ2) is 10.8. The Morgan fingerprint density at radius 1 is 1.15 bits per heavy atom. The van der Waals surface area contributed by atoms with Gasteiger partial charge >= 0.3 is 0 Å². The molecule has 0 bridgehead atoms. The quantitative estimate of drug-likeness (QED) is 0.152. The van der Waals surface area contributed by atoms with Gasteiger partial charge in [0.25, 0.3) is 11.6 Å². The van der Waals surface area contributed by atoms with Gasteiger partial charge in [-0.2, -0.15) is 5.26 Å². The molecule has 0 unspecified atom stereocenters. The maximum absolute atomic E-state index is 13.8. The number of nitriles is 1. The molecular weight excluding hydrogens is 561 g/mol. The average Bonchev–Trinajstić information content (AvgIpc) is 2.78. The van der Waals surface area contributed by atoms with Crippen molar-refractivity contribution in [3.05, 3.63) is 102 Å². The zero-order valence-corrected chi connectivity index (χ0v) is 19.9. The van der Waals surface area contributed by atoms with Gasteiger partial charge in [0.1, 0.15) is 29.8 Å². The van der Waals surface area contributed by atoms with Crippen LogP contribution in [-0.2, 0) is 11.4 Å². The SMILES string of the molecule is N#C/C(=C\c1cc(Br)c(OCc2ccccc2F)c(Br)c1)C(=O)Nc1cccc([N+](=O)[O-])c1. The third kappa shape index (κ3) is 6.25. The number of rotatable bonds is 7. The molecule has 0 aromatic heterocycles. The third-order valence-corrected chi connectivity index (χ3v) is 5.52. The molecule has 0 saturated heterocycles. The summed E-state index contributed by atoms with van der Waals surface area (Å²) in [6.45, 7) is 0.00806. The summed E-state index contributed by atoms with van der Waals surface area (Å²) in [7, 11) is 0. The number of ether oxygens (including phenoxy) is 1. The second-order valence-corrected chi connectivity index (χ2v) is 8.33. The zero-order chi connectivity index (χ0) is 24.0. The Labute approximate surface area is 204 Å². The van der Waals surface area contributed by atoms with Crippen molar-refractivity contribution >= 4 is 55.2 Å². The van der Waals surface area contributed by atoms with Gasteiger partial charge < -0.3 is 10.1 Å². The summed E-state index contributed by atoms with van der Waals surface area (Å²) in [4.78, 5) is 22.8. The van der Waals surface area contributed by atoms with Crippen molar-refractivity contribution in [1.29, 1.82) is 5.26 Å². The summed E-state index contributed by atoms with van der Waals surface area (Å²) in [6, 6.07) is 16.8. The van der Waals surface area contributed by atoms with E-state index < -0.39 is 10.8 Å². The van der Waals surface area contributed by atoms with Crippen molar-refractivity contribution in [2.45, 2.75) is 6.61 Å².